The topological polar surface area (TPSA) is 61.4 Å². The van der Waals surface area contributed by atoms with E-state index in [0.717, 1.165) is 24.4 Å². The second-order valence-corrected chi connectivity index (χ2v) is 7.79. The fourth-order valence-corrected chi connectivity index (χ4v) is 3.34. The second-order valence-electron chi connectivity index (χ2n) is 7.79. The van der Waals surface area contributed by atoms with E-state index in [-0.39, 0.29) is 6.54 Å². The fraction of sp³-hybridized carbons (Fsp3) is 0.348. The molecule has 32 heavy (non-hydrogen) atoms. The molecule has 0 fully saturated rings. The number of halogens is 3. The summed E-state index contributed by atoms with van der Waals surface area (Å²) in [6, 6.07) is 12.3. The maximum Gasteiger partial charge on any atom is 0.417 e. The lowest BCUT2D eigenvalue weighted by atomic mass is 10.1. The molecule has 1 aromatic heterocycles. The van der Waals surface area contributed by atoms with Gasteiger partial charge in [0.15, 0.2) is 5.82 Å². The highest BCUT2D eigenvalue weighted by molar-refractivity contribution is 5.95. The summed E-state index contributed by atoms with van der Waals surface area (Å²) in [6.07, 6.45) is -3.70. The van der Waals surface area contributed by atoms with Crippen molar-refractivity contribution >= 4 is 22.6 Å². The van der Waals surface area contributed by atoms with Crippen molar-refractivity contribution in [1.29, 1.82) is 0 Å². The van der Waals surface area contributed by atoms with Crippen molar-refractivity contribution in [2.45, 2.75) is 19.1 Å². The minimum Gasteiger partial charge on any atom is -0.369 e. The molecule has 0 radical (unpaired) electrons. The van der Waals surface area contributed by atoms with Crippen LogP contribution in [-0.4, -0.2) is 59.9 Å². The van der Waals surface area contributed by atoms with Crippen LogP contribution in [0.3, 0.4) is 0 Å². The summed E-state index contributed by atoms with van der Waals surface area (Å²) in [5.74, 6) is 0.246. The van der Waals surface area contributed by atoms with Crippen molar-refractivity contribution in [3.63, 3.8) is 0 Å². The van der Waals surface area contributed by atoms with E-state index < -0.39 is 23.2 Å². The van der Waals surface area contributed by atoms with Gasteiger partial charge in [-0.25, -0.2) is 9.97 Å². The zero-order valence-electron chi connectivity index (χ0n) is 18.3. The molecule has 0 aliphatic heterocycles. The Labute approximate surface area is 185 Å². The van der Waals surface area contributed by atoms with Crippen molar-refractivity contribution in [3.8, 4) is 0 Å². The van der Waals surface area contributed by atoms with Gasteiger partial charge < -0.3 is 15.1 Å². The van der Waals surface area contributed by atoms with Crippen molar-refractivity contribution in [2.24, 2.45) is 0 Å². The number of anilines is 1. The Morgan fingerprint density at radius 2 is 1.69 bits per heavy atom. The molecule has 3 rings (SSSR count). The average Bonchev–Trinajstić information content (AvgIpc) is 2.75. The highest BCUT2D eigenvalue weighted by atomic mass is 19.4. The Bertz CT molecular complexity index is 1080. The molecule has 0 aliphatic carbocycles. The van der Waals surface area contributed by atoms with E-state index in [2.05, 4.69) is 20.2 Å². The van der Waals surface area contributed by atoms with Crippen LogP contribution in [0.15, 0.2) is 48.5 Å². The molecule has 0 spiro atoms. The molecule has 0 saturated heterocycles. The number of nitrogens with zero attached hydrogens (tertiary/aromatic N) is 4. The largest absolute Gasteiger partial charge is 0.417 e. The van der Waals surface area contributed by atoms with E-state index in [1.807, 2.05) is 38.4 Å². The van der Waals surface area contributed by atoms with Gasteiger partial charge in [0.25, 0.3) is 5.91 Å². The Hall–Kier alpha value is -3.20. The molecule has 0 saturated carbocycles. The van der Waals surface area contributed by atoms with Crippen LogP contribution in [0.1, 0.15) is 28.2 Å². The zero-order chi connectivity index (χ0) is 23.3. The van der Waals surface area contributed by atoms with Gasteiger partial charge in [0.1, 0.15) is 5.82 Å². The monoisotopic (exact) mass is 445 g/mol. The van der Waals surface area contributed by atoms with Gasteiger partial charge in [-0.1, -0.05) is 24.3 Å². The molecule has 0 aliphatic rings. The van der Waals surface area contributed by atoms with Crippen LogP contribution >= 0.6 is 0 Å². The minimum absolute atomic E-state index is 0.0256. The van der Waals surface area contributed by atoms with Crippen LogP contribution in [0.2, 0.25) is 0 Å². The third kappa shape index (κ3) is 5.73. The van der Waals surface area contributed by atoms with E-state index in [1.165, 1.54) is 30.1 Å². The van der Waals surface area contributed by atoms with E-state index in [0.29, 0.717) is 23.7 Å². The van der Waals surface area contributed by atoms with Crippen LogP contribution in [0.4, 0.5) is 19.0 Å². The molecule has 1 amide bonds. The molecule has 9 heteroatoms. The summed E-state index contributed by atoms with van der Waals surface area (Å²) in [7, 11) is 5.45. The van der Waals surface area contributed by atoms with E-state index in [9.17, 15) is 18.0 Å². The number of para-hydroxylation sites is 1. The maximum atomic E-state index is 13.3. The number of fused-ring (bicyclic) bond motifs is 1. The number of carbonyl (C=O) groups is 1. The Kier molecular flexibility index (Phi) is 7.29. The first kappa shape index (κ1) is 23.5. The standard InChI is InChI=1S/C23H26F3N5O/c1-30(2)14-8-13-27-21-17-10-5-7-12-19(17)28-20(29-21)15-31(3)22(32)16-9-4-6-11-18(16)23(24,25)26/h4-7,9-12H,8,13-15H2,1-3H3,(H,27,28,29). The van der Waals surface area contributed by atoms with Crippen LogP contribution in [0.25, 0.3) is 10.9 Å². The number of amides is 1. The van der Waals surface area contributed by atoms with Gasteiger partial charge in [0, 0.05) is 19.0 Å². The number of alkyl halides is 3. The first-order chi connectivity index (χ1) is 15.2. The van der Waals surface area contributed by atoms with Gasteiger partial charge >= 0.3 is 6.18 Å². The van der Waals surface area contributed by atoms with Gasteiger partial charge in [-0.3, -0.25) is 4.79 Å². The summed E-state index contributed by atoms with van der Waals surface area (Å²) in [4.78, 5) is 25.1. The van der Waals surface area contributed by atoms with Gasteiger partial charge in [-0.15, -0.1) is 0 Å². The predicted molar refractivity (Wildman–Crippen MR) is 118 cm³/mol. The van der Waals surface area contributed by atoms with Crippen molar-refractivity contribution in [2.75, 3.05) is 39.5 Å². The highest BCUT2D eigenvalue weighted by Gasteiger charge is 2.35. The van der Waals surface area contributed by atoms with Crippen molar-refractivity contribution < 1.29 is 18.0 Å². The van der Waals surface area contributed by atoms with Crippen LogP contribution < -0.4 is 5.32 Å². The number of rotatable bonds is 8. The van der Waals surface area contributed by atoms with Crippen molar-refractivity contribution in [3.05, 3.63) is 65.5 Å². The molecule has 1 N–H and O–H groups in total. The number of aromatic nitrogens is 2. The van der Waals surface area contributed by atoms with Gasteiger partial charge in [-0.05, 0) is 51.3 Å². The number of hydrogen-bond acceptors (Lipinski definition) is 5. The fourth-order valence-electron chi connectivity index (χ4n) is 3.34. The first-order valence-electron chi connectivity index (χ1n) is 10.2. The molecule has 1 heterocycles. The SMILES string of the molecule is CN(C)CCCNc1nc(CN(C)C(=O)c2ccccc2C(F)(F)F)nc2ccccc12. The van der Waals surface area contributed by atoms with E-state index in [4.69, 9.17) is 0 Å². The van der Waals surface area contributed by atoms with Gasteiger partial charge in [0.2, 0.25) is 0 Å². The first-order valence-corrected chi connectivity index (χ1v) is 10.2. The lowest BCUT2D eigenvalue weighted by molar-refractivity contribution is -0.138. The molecule has 0 bridgehead atoms. The molecular formula is C23H26F3N5O. The van der Waals surface area contributed by atoms with Crippen molar-refractivity contribution in [1.82, 2.24) is 19.8 Å². The summed E-state index contributed by atoms with van der Waals surface area (Å²) >= 11 is 0. The number of hydrogen-bond donors (Lipinski definition) is 1. The zero-order valence-corrected chi connectivity index (χ0v) is 18.3. The Balaban J connectivity index is 1.83. The Morgan fingerprint density at radius 1 is 1.00 bits per heavy atom. The quantitative estimate of drug-likeness (QED) is 0.525. The smallest absolute Gasteiger partial charge is 0.369 e. The second kappa shape index (κ2) is 9.95. The number of nitrogens with one attached hydrogen (secondary N) is 1. The van der Waals surface area contributed by atoms with E-state index in [1.54, 1.807) is 0 Å². The molecule has 6 nitrogen and oxygen atoms in total. The lowest BCUT2D eigenvalue weighted by Crippen LogP contribution is -2.29. The van der Waals surface area contributed by atoms with Gasteiger partial charge in [0.05, 0.1) is 23.2 Å². The van der Waals surface area contributed by atoms with E-state index >= 15 is 0 Å². The third-order valence-electron chi connectivity index (χ3n) is 4.91. The number of benzene rings is 2. The minimum atomic E-state index is -4.61. The third-order valence-corrected chi connectivity index (χ3v) is 4.91. The predicted octanol–water partition coefficient (Wildman–Crippen LogP) is 4.28. The Morgan fingerprint density at radius 3 is 2.41 bits per heavy atom. The molecule has 3 aromatic rings. The van der Waals surface area contributed by atoms with Crippen LogP contribution in [0.5, 0.6) is 0 Å². The lowest BCUT2D eigenvalue weighted by Gasteiger charge is -2.20. The highest BCUT2D eigenvalue weighted by Crippen LogP contribution is 2.32. The molecule has 0 unspecified atom stereocenters. The average molecular weight is 445 g/mol. The summed E-state index contributed by atoms with van der Waals surface area (Å²) in [5.41, 5.74) is -0.658. The molecule has 0 atom stereocenters. The maximum absolute atomic E-state index is 13.3. The normalized spacial score (nSPS) is 11.7. The van der Waals surface area contributed by atoms with Crippen LogP contribution in [-0.2, 0) is 12.7 Å². The van der Waals surface area contributed by atoms with Gasteiger partial charge in [-0.2, -0.15) is 13.2 Å². The molecule has 170 valence electrons. The number of carbonyl (C=O) groups excluding carboxylic acids is 1. The molecule has 2 aromatic carbocycles. The molecular weight excluding hydrogens is 419 g/mol. The summed E-state index contributed by atoms with van der Waals surface area (Å²) < 4.78 is 40.0. The summed E-state index contributed by atoms with van der Waals surface area (Å²) in [6.45, 7) is 1.59. The summed E-state index contributed by atoms with van der Waals surface area (Å²) in [5, 5.41) is 4.16. The van der Waals surface area contributed by atoms with Crippen LogP contribution in [0, 0.1) is 0 Å².